The van der Waals surface area contributed by atoms with Crippen molar-refractivity contribution in [3.8, 4) is 11.5 Å². The zero-order chi connectivity index (χ0) is 21.3. The van der Waals surface area contributed by atoms with Crippen molar-refractivity contribution in [2.75, 3.05) is 30.3 Å². The summed E-state index contributed by atoms with van der Waals surface area (Å²) in [5.74, 6) is 0.887. The van der Waals surface area contributed by atoms with Crippen LogP contribution in [0.4, 0.5) is 5.69 Å². The first kappa shape index (κ1) is 22.7. The summed E-state index contributed by atoms with van der Waals surface area (Å²) in [6, 6.07) is 15.0. The predicted molar refractivity (Wildman–Crippen MR) is 114 cm³/mol. The predicted octanol–water partition coefficient (Wildman–Crippen LogP) is 3.18. The molecule has 1 N–H and O–H groups in total. The molecule has 8 heteroatoms. The van der Waals surface area contributed by atoms with E-state index in [-0.39, 0.29) is 5.91 Å². The van der Waals surface area contributed by atoms with E-state index in [1.165, 1.54) is 0 Å². The van der Waals surface area contributed by atoms with Gasteiger partial charge in [0.25, 0.3) is 0 Å². The third-order valence-electron chi connectivity index (χ3n) is 4.13. The number of sulfonamides is 1. The van der Waals surface area contributed by atoms with E-state index >= 15 is 0 Å². The first-order chi connectivity index (χ1) is 13.8. The van der Waals surface area contributed by atoms with Gasteiger partial charge in [-0.05, 0) is 56.7 Å². The average Bonchev–Trinajstić information content (AvgIpc) is 2.69. The number of rotatable bonds is 11. The maximum absolute atomic E-state index is 12.5. The fourth-order valence-electron chi connectivity index (χ4n) is 2.77. The number of carbonyl (C=O) groups excluding carboxylic acids is 1. The van der Waals surface area contributed by atoms with Gasteiger partial charge >= 0.3 is 0 Å². The lowest BCUT2D eigenvalue weighted by Gasteiger charge is -2.28. The zero-order valence-corrected chi connectivity index (χ0v) is 17.8. The highest BCUT2D eigenvalue weighted by molar-refractivity contribution is 7.92. The third-order valence-corrected chi connectivity index (χ3v) is 5.37. The highest BCUT2D eigenvalue weighted by Crippen LogP contribution is 2.26. The van der Waals surface area contributed by atoms with Crippen LogP contribution in [0.5, 0.6) is 11.5 Å². The van der Waals surface area contributed by atoms with E-state index in [1.54, 1.807) is 31.2 Å². The molecule has 0 aromatic heterocycles. The second-order valence-corrected chi connectivity index (χ2v) is 8.34. The summed E-state index contributed by atoms with van der Waals surface area (Å²) in [5, 5.41) is 2.76. The van der Waals surface area contributed by atoms with Gasteiger partial charge in [0.05, 0.1) is 11.9 Å². The Hall–Kier alpha value is -2.58. The van der Waals surface area contributed by atoms with Crippen LogP contribution in [-0.4, -0.2) is 46.4 Å². The van der Waals surface area contributed by atoms with Gasteiger partial charge in [0.1, 0.15) is 17.5 Å². The topological polar surface area (TPSA) is 84.9 Å². The second-order valence-electron chi connectivity index (χ2n) is 6.49. The summed E-state index contributed by atoms with van der Waals surface area (Å²) in [7, 11) is -3.67. The molecule has 0 radical (unpaired) electrons. The Bertz CT molecular complexity index is 870. The molecule has 29 heavy (non-hydrogen) atoms. The van der Waals surface area contributed by atoms with Crippen molar-refractivity contribution in [1.82, 2.24) is 5.32 Å². The molecule has 7 nitrogen and oxygen atoms in total. The average molecular weight is 421 g/mol. The highest BCUT2D eigenvalue weighted by Gasteiger charge is 2.28. The molecule has 1 amide bonds. The minimum absolute atomic E-state index is 0.364. The smallest absolute Gasteiger partial charge is 0.243 e. The molecule has 0 saturated carbocycles. The Kier molecular flexibility index (Phi) is 8.48. The van der Waals surface area contributed by atoms with Crippen molar-refractivity contribution in [2.24, 2.45) is 0 Å². The lowest BCUT2D eigenvalue weighted by molar-refractivity contribution is -0.121. The number of hydrogen-bond acceptors (Lipinski definition) is 5. The lowest BCUT2D eigenvalue weighted by atomic mass is 10.2. The molecule has 0 aliphatic rings. The largest absolute Gasteiger partial charge is 0.457 e. The van der Waals surface area contributed by atoms with Gasteiger partial charge in [0.2, 0.25) is 15.9 Å². The molecule has 0 fully saturated rings. The Balaban J connectivity index is 2.08. The molecule has 0 bridgehead atoms. The van der Waals surface area contributed by atoms with E-state index < -0.39 is 16.1 Å². The molecule has 2 aromatic rings. The fourth-order valence-corrected chi connectivity index (χ4v) is 3.95. The number of amides is 1. The molecule has 0 unspecified atom stereocenters. The van der Waals surface area contributed by atoms with Crippen LogP contribution in [-0.2, 0) is 19.6 Å². The van der Waals surface area contributed by atoms with Crippen LogP contribution in [0.1, 0.15) is 20.3 Å². The van der Waals surface area contributed by atoms with E-state index in [0.717, 1.165) is 10.6 Å². The molecule has 0 heterocycles. The SMILES string of the molecule is CCOCCCNC(=O)[C@@H](C)N(c1ccc(Oc2ccccc2)cc1)S(C)(=O)=O. The van der Waals surface area contributed by atoms with Crippen LogP contribution in [0, 0.1) is 0 Å². The van der Waals surface area contributed by atoms with Crippen LogP contribution < -0.4 is 14.4 Å². The highest BCUT2D eigenvalue weighted by atomic mass is 32.2. The van der Waals surface area contributed by atoms with Crippen molar-refractivity contribution < 1.29 is 22.7 Å². The maximum Gasteiger partial charge on any atom is 0.243 e. The maximum atomic E-state index is 12.5. The van der Waals surface area contributed by atoms with Gasteiger partial charge in [0.15, 0.2) is 0 Å². The number of ether oxygens (including phenoxy) is 2. The molecule has 0 spiro atoms. The quantitative estimate of drug-likeness (QED) is 0.565. The molecule has 2 aromatic carbocycles. The summed E-state index contributed by atoms with van der Waals surface area (Å²) in [4.78, 5) is 12.5. The molecular formula is C21H28N2O5S. The summed E-state index contributed by atoms with van der Waals surface area (Å²) in [6.45, 7) is 5.05. The van der Waals surface area contributed by atoms with Gasteiger partial charge in [0, 0.05) is 19.8 Å². The van der Waals surface area contributed by atoms with E-state index in [4.69, 9.17) is 9.47 Å². The number of para-hydroxylation sites is 1. The van der Waals surface area contributed by atoms with Crippen LogP contribution in [0.25, 0.3) is 0 Å². The fraction of sp³-hybridized carbons (Fsp3) is 0.381. The summed E-state index contributed by atoms with van der Waals surface area (Å²) < 4.78 is 36.8. The van der Waals surface area contributed by atoms with Crippen LogP contribution >= 0.6 is 0 Å². The molecule has 2 rings (SSSR count). The van der Waals surface area contributed by atoms with E-state index in [2.05, 4.69) is 5.32 Å². The van der Waals surface area contributed by atoms with Gasteiger partial charge in [-0.1, -0.05) is 18.2 Å². The lowest BCUT2D eigenvalue weighted by Crippen LogP contribution is -2.48. The Morgan fingerprint density at radius 2 is 1.69 bits per heavy atom. The number of hydrogen-bond donors (Lipinski definition) is 1. The molecular weight excluding hydrogens is 392 g/mol. The van der Waals surface area contributed by atoms with Crippen LogP contribution in [0.2, 0.25) is 0 Å². The minimum atomic E-state index is -3.67. The van der Waals surface area contributed by atoms with Crippen molar-refractivity contribution in [2.45, 2.75) is 26.3 Å². The summed E-state index contributed by atoms with van der Waals surface area (Å²) >= 11 is 0. The van der Waals surface area contributed by atoms with E-state index in [9.17, 15) is 13.2 Å². The molecule has 1 atom stereocenters. The molecule has 0 saturated heterocycles. The molecule has 158 valence electrons. The van der Waals surface area contributed by atoms with Crippen molar-refractivity contribution >= 4 is 21.6 Å². The molecule has 0 aliphatic heterocycles. The molecule has 0 aliphatic carbocycles. The standard InChI is InChI=1S/C21H28N2O5S/c1-4-27-16-8-15-22-21(24)17(2)23(29(3,25)26)18-11-13-20(14-12-18)28-19-9-6-5-7-10-19/h5-7,9-14,17H,4,8,15-16H2,1-3H3,(H,22,24)/t17-/m1/s1. The van der Waals surface area contributed by atoms with Gasteiger partial charge in [-0.3, -0.25) is 9.10 Å². The minimum Gasteiger partial charge on any atom is -0.457 e. The summed E-state index contributed by atoms with van der Waals surface area (Å²) in [6.07, 6.45) is 1.75. The van der Waals surface area contributed by atoms with Gasteiger partial charge in [-0.15, -0.1) is 0 Å². The Morgan fingerprint density at radius 3 is 2.28 bits per heavy atom. The monoisotopic (exact) mass is 420 g/mol. The van der Waals surface area contributed by atoms with Gasteiger partial charge in [-0.2, -0.15) is 0 Å². The van der Waals surface area contributed by atoms with Crippen molar-refractivity contribution in [3.05, 3.63) is 54.6 Å². The first-order valence-electron chi connectivity index (χ1n) is 9.50. The number of carbonyl (C=O) groups is 1. The van der Waals surface area contributed by atoms with Gasteiger partial charge < -0.3 is 14.8 Å². The number of nitrogens with zero attached hydrogens (tertiary/aromatic N) is 1. The number of benzene rings is 2. The van der Waals surface area contributed by atoms with Crippen molar-refractivity contribution in [3.63, 3.8) is 0 Å². The van der Waals surface area contributed by atoms with Crippen molar-refractivity contribution in [1.29, 1.82) is 0 Å². The second kappa shape index (κ2) is 10.8. The Morgan fingerprint density at radius 1 is 1.07 bits per heavy atom. The zero-order valence-electron chi connectivity index (χ0n) is 17.0. The van der Waals surface area contributed by atoms with E-state index in [0.29, 0.717) is 43.4 Å². The third kappa shape index (κ3) is 7.07. The Labute approximate surface area is 172 Å². The number of nitrogens with one attached hydrogen (secondary N) is 1. The van der Waals surface area contributed by atoms with Gasteiger partial charge in [-0.25, -0.2) is 8.42 Å². The van der Waals surface area contributed by atoms with E-state index in [1.807, 2.05) is 37.3 Å². The van der Waals surface area contributed by atoms with Crippen LogP contribution in [0.15, 0.2) is 54.6 Å². The first-order valence-corrected chi connectivity index (χ1v) is 11.4. The number of anilines is 1. The van der Waals surface area contributed by atoms with Crippen LogP contribution in [0.3, 0.4) is 0 Å². The summed E-state index contributed by atoms with van der Waals surface area (Å²) in [5.41, 5.74) is 0.393. The normalized spacial score (nSPS) is 12.2.